The van der Waals surface area contributed by atoms with Crippen LogP contribution in [0.4, 0.5) is 0 Å². The van der Waals surface area contributed by atoms with E-state index < -0.39 is 6.10 Å². The van der Waals surface area contributed by atoms with Crippen LogP contribution in [0.15, 0.2) is 42.5 Å². The number of phenolic OH excluding ortho intramolecular Hbond substituents is 1. The molecule has 0 radical (unpaired) electrons. The summed E-state index contributed by atoms with van der Waals surface area (Å²) in [6.07, 6.45) is 2.86. The molecule has 120 valence electrons. The first-order valence-corrected chi connectivity index (χ1v) is 7.93. The summed E-state index contributed by atoms with van der Waals surface area (Å²) < 4.78 is 5.69. The highest BCUT2D eigenvalue weighted by atomic mass is 16.5. The Morgan fingerprint density at radius 3 is 2.61 bits per heavy atom. The average molecular weight is 312 g/mol. The fourth-order valence-corrected chi connectivity index (χ4v) is 2.76. The highest BCUT2D eigenvalue weighted by Crippen LogP contribution is 2.32. The number of aromatic hydroxyl groups is 1. The minimum atomic E-state index is -0.632. The highest BCUT2D eigenvalue weighted by Gasteiger charge is 2.16. The van der Waals surface area contributed by atoms with Gasteiger partial charge in [-0.3, -0.25) is 4.79 Å². The van der Waals surface area contributed by atoms with Crippen molar-refractivity contribution in [1.29, 1.82) is 0 Å². The van der Waals surface area contributed by atoms with Crippen LogP contribution < -0.4 is 4.74 Å². The van der Waals surface area contributed by atoms with E-state index >= 15 is 0 Å². The predicted molar refractivity (Wildman–Crippen MR) is 87.1 cm³/mol. The van der Waals surface area contributed by atoms with Gasteiger partial charge in [0.25, 0.3) is 0 Å². The van der Waals surface area contributed by atoms with Gasteiger partial charge in [0.1, 0.15) is 5.75 Å². The molecule has 2 heterocycles. The van der Waals surface area contributed by atoms with Gasteiger partial charge in [0.15, 0.2) is 17.3 Å². The number of aliphatic hydroxyl groups excluding tert-OH is 1. The summed E-state index contributed by atoms with van der Waals surface area (Å²) in [6.45, 7) is 0. The van der Waals surface area contributed by atoms with Crippen molar-refractivity contribution < 1.29 is 19.7 Å². The van der Waals surface area contributed by atoms with E-state index in [0.717, 1.165) is 19.3 Å². The number of aryl methyl sites for hydroxylation is 1. The number of rotatable bonds is 0. The molecule has 4 bridgehead atoms. The zero-order valence-electron chi connectivity index (χ0n) is 12.9. The average Bonchev–Trinajstić information content (AvgIpc) is 2.54. The molecular formula is C19H20O4. The monoisotopic (exact) mass is 312 g/mol. The number of hydrogen-bond acceptors (Lipinski definition) is 4. The van der Waals surface area contributed by atoms with Crippen molar-refractivity contribution in [3.8, 4) is 17.2 Å². The lowest BCUT2D eigenvalue weighted by molar-refractivity contribution is 0.0864. The Morgan fingerprint density at radius 1 is 1.04 bits per heavy atom. The highest BCUT2D eigenvalue weighted by molar-refractivity contribution is 5.97. The molecule has 0 amide bonds. The van der Waals surface area contributed by atoms with Crippen LogP contribution in [-0.4, -0.2) is 22.1 Å². The summed E-state index contributed by atoms with van der Waals surface area (Å²) >= 11 is 0. The molecule has 4 rings (SSSR count). The summed E-state index contributed by atoms with van der Waals surface area (Å²) in [6, 6.07) is 12.2. The Balaban J connectivity index is 1.94. The van der Waals surface area contributed by atoms with Crippen molar-refractivity contribution in [2.45, 2.75) is 38.2 Å². The minimum absolute atomic E-state index is 0.0181. The Kier molecular flexibility index (Phi) is 4.63. The molecule has 1 atom stereocenters. The molecule has 2 aliphatic heterocycles. The van der Waals surface area contributed by atoms with Crippen molar-refractivity contribution in [1.82, 2.24) is 0 Å². The zero-order chi connectivity index (χ0) is 16.2. The van der Waals surface area contributed by atoms with Gasteiger partial charge in [-0.05, 0) is 55.2 Å². The summed E-state index contributed by atoms with van der Waals surface area (Å²) in [5, 5.41) is 20.0. The third-order valence-corrected chi connectivity index (χ3v) is 4.11. The Hall–Kier alpha value is -2.33. The number of fused-ring (bicyclic) bond motifs is 8. The quantitative estimate of drug-likeness (QED) is 0.775. The lowest BCUT2D eigenvalue weighted by atomic mass is 10.00. The van der Waals surface area contributed by atoms with Crippen LogP contribution in [0.25, 0.3) is 0 Å². The van der Waals surface area contributed by atoms with E-state index in [4.69, 9.17) is 4.74 Å². The molecule has 2 aromatic carbocycles. The van der Waals surface area contributed by atoms with Crippen molar-refractivity contribution in [3.63, 3.8) is 0 Å². The molecule has 0 aliphatic carbocycles. The van der Waals surface area contributed by atoms with E-state index in [0.29, 0.717) is 17.7 Å². The lowest BCUT2D eigenvalue weighted by Crippen LogP contribution is -2.13. The fraction of sp³-hybridized carbons (Fsp3) is 0.316. The lowest BCUT2D eigenvalue weighted by Gasteiger charge is -2.11. The summed E-state index contributed by atoms with van der Waals surface area (Å²) in [5.41, 5.74) is 1.64. The number of ether oxygens (including phenoxy) is 1. The van der Waals surface area contributed by atoms with Crippen LogP contribution in [0.1, 0.15) is 41.6 Å². The molecular weight excluding hydrogens is 292 g/mol. The van der Waals surface area contributed by atoms with Gasteiger partial charge in [0.2, 0.25) is 0 Å². The standard InChI is InChI=1S/C19H20O4/c20-15-4-2-1-3-13-5-8-16(9-6-13)23-19-11-14(18(22)12-15)7-10-17(19)21/h5-11,15,20-21H,1-4,12H2. The smallest absolute Gasteiger partial charge is 0.169 e. The van der Waals surface area contributed by atoms with Crippen molar-refractivity contribution >= 4 is 5.78 Å². The third kappa shape index (κ3) is 3.90. The summed E-state index contributed by atoms with van der Waals surface area (Å²) in [7, 11) is 0. The van der Waals surface area contributed by atoms with Crippen LogP contribution in [0, 0.1) is 0 Å². The van der Waals surface area contributed by atoms with Crippen LogP contribution in [0.2, 0.25) is 0 Å². The third-order valence-electron chi connectivity index (χ3n) is 4.11. The van der Waals surface area contributed by atoms with Crippen LogP contribution in [0.5, 0.6) is 17.2 Å². The second-order valence-corrected chi connectivity index (χ2v) is 5.96. The maximum atomic E-state index is 12.3. The molecule has 4 heteroatoms. The summed E-state index contributed by atoms with van der Waals surface area (Å²) in [4.78, 5) is 12.3. The van der Waals surface area contributed by atoms with E-state index in [2.05, 4.69) is 0 Å². The van der Waals surface area contributed by atoms with Gasteiger partial charge in [-0.25, -0.2) is 0 Å². The molecule has 2 aromatic rings. The molecule has 23 heavy (non-hydrogen) atoms. The Bertz CT molecular complexity index is 691. The number of Topliss-reactive ketones (excluding diaryl/α,β-unsaturated/α-hetero) is 1. The fourth-order valence-electron chi connectivity index (χ4n) is 2.76. The molecule has 0 saturated heterocycles. The number of ketones is 1. The van der Waals surface area contributed by atoms with E-state index in [1.807, 2.05) is 24.3 Å². The number of carbonyl (C=O) groups excluding carboxylic acids is 1. The predicted octanol–water partition coefficient (Wildman–Crippen LogP) is 3.84. The molecule has 0 spiro atoms. The zero-order valence-corrected chi connectivity index (χ0v) is 12.9. The topological polar surface area (TPSA) is 66.8 Å². The summed E-state index contributed by atoms with van der Waals surface area (Å²) in [5.74, 6) is 0.694. The second kappa shape index (κ2) is 6.84. The van der Waals surface area contributed by atoms with E-state index in [1.54, 1.807) is 6.07 Å². The van der Waals surface area contributed by atoms with Crippen molar-refractivity contribution in [3.05, 3.63) is 53.6 Å². The van der Waals surface area contributed by atoms with Gasteiger partial charge in [-0.15, -0.1) is 0 Å². The Labute approximate surface area is 135 Å². The van der Waals surface area contributed by atoms with Gasteiger partial charge in [0, 0.05) is 12.0 Å². The molecule has 0 fully saturated rings. The number of aliphatic hydroxyl groups is 1. The van der Waals surface area contributed by atoms with E-state index in [9.17, 15) is 15.0 Å². The molecule has 1 unspecified atom stereocenters. The molecule has 2 N–H and O–H groups in total. The van der Waals surface area contributed by atoms with Crippen LogP contribution in [0.3, 0.4) is 0 Å². The van der Waals surface area contributed by atoms with Gasteiger partial charge in [0.05, 0.1) is 6.10 Å². The second-order valence-electron chi connectivity index (χ2n) is 5.96. The van der Waals surface area contributed by atoms with E-state index in [1.165, 1.54) is 17.7 Å². The largest absolute Gasteiger partial charge is 0.504 e. The minimum Gasteiger partial charge on any atom is -0.504 e. The van der Waals surface area contributed by atoms with Gasteiger partial charge in [-0.1, -0.05) is 18.6 Å². The first-order chi connectivity index (χ1) is 11.1. The van der Waals surface area contributed by atoms with Crippen LogP contribution in [-0.2, 0) is 6.42 Å². The number of hydrogen-bond donors (Lipinski definition) is 2. The van der Waals surface area contributed by atoms with Gasteiger partial charge < -0.3 is 14.9 Å². The SMILES string of the molecule is O=C1CC(O)CCCCc2ccc(cc2)Oc2cc1ccc2O. The maximum Gasteiger partial charge on any atom is 0.169 e. The van der Waals surface area contributed by atoms with E-state index in [-0.39, 0.29) is 23.7 Å². The molecule has 0 saturated carbocycles. The maximum absolute atomic E-state index is 12.3. The van der Waals surface area contributed by atoms with Gasteiger partial charge in [-0.2, -0.15) is 0 Å². The Morgan fingerprint density at radius 2 is 1.83 bits per heavy atom. The van der Waals surface area contributed by atoms with Crippen LogP contribution >= 0.6 is 0 Å². The molecule has 2 aliphatic rings. The molecule has 4 nitrogen and oxygen atoms in total. The number of carbonyl (C=O) groups is 1. The normalized spacial score (nSPS) is 18.8. The van der Waals surface area contributed by atoms with Crippen molar-refractivity contribution in [2.75, 3.05) is 0 Å². The van der Waals surface area contributed by atoms with Crippen molar-refractivity contribution in [2.24, 2.45) is 0 Å². The first kappa shape index (κ1) is 15.6. The molecule has 0 aromatic heterocycles. The van der Waals surface area contributed by atoms with Gasteiger partial charge >= 0.3 is 0 Å². The number of phenols is 1. The number of benzene rings is 2. The first-order valence-electron chi connectivity index (χ1n) is 7.93.